The number of piperidine rings is 1. The zero-order chi connectivity index (χ0) is 14.0. The summed E-state index contributed by atoms with van der Waals surface area (Å²) in [5.41, 5.74) is 1.63. The van der Waals surface area contributed by atoms with Crippen LogP contribution in [0.4, 0.5) is 0 Å². The average molecular weight is 326 g/mol. The normalized spacial score (nSPS) is 19.4. The van der Waals surface area contributed by atoms with Crippen molar-refractivity contribution in [3.05, 3.63) is 27.7 Å². The highest BCUT2D eigenvalue weighted by Gasteiger charge is 2.27. The van der Waals surface area contributed by atoms with E-state index in [1.165, 1.54) is 6.42 Å². The van der Waals surface area contributed by atoms with Crippen molar-refractivity contribution in [1.29, 1.82) is 0 Å². The molecule has 0 saturated carbocycles. The van der Waals surface area contributed by atoms with Gasteiger partial charge in [-0.1, -0.05) is 15.9 Å². The van der Waals surface area contributed by atoms with E-state index >= 15 is 0 Å². The van der Waals surface area contributed by atoms with Gasteiger partial charge >= 0.3 is 0 Å². The van der Waals surface area contributed by atoms with E-state index in [4.69, 9.17) is 4.74 Å². The highest BCUT2D eigenvalue weighted by Crippen LogP contribution is 2.30. The minimum absolute atomic E-state index is 0.0773. The van der Waals surface area contributed by atoms with Gasteiger partial charge in [-0.25, -0.2) is 0 Å². The van der Waals surface area contributed by atoms with Crippen LogP contribution in [0.5, 0.6) is 5.75 Å². The van der Waals surface area contributed by atoms with Crippen LogP contribution in [-0.4, -0.2) is 30.5 Å². The van der Waals surface area contributed by atoms with Crippen LogP contribution in [0, 0.1) is 6.92 Å². The molecule has 0 spiro atoms. The van der Waals surface area contributed by atoms with Gasteiger partial charge in [0.15, 0.2) is 0 Å². The number of amides is 1. The van der Waals surface area contributed by atoms with Gasteiger partial charge in [-0.15, -0.1) is 0 Å². The van der Waals surface area contributed by atoms with Crippen molar-refractivity contribution >= 4 is 21.8 Å². The van der Waals surface area contributed by atoms with Crippen molar-refractivity contribution in [2.45, 2.75) is 39.2 Å². The van der Waals surface area contributed by atoms with Crippen molar-refractivity contribution in [2.24, 2.45) is 0 Å². The Kier molecular flexibility index (Phi) is 4.50. The maximum Gasteiger partial charge on any atom is 0.257 e. The van der Waals surface area contributed by atoms with Gasteiger partial charge in [0, 0.05) is 17.1 Å². The molecule has 1 atom stereocenters. The molecule has 0 radical (unpaired) electrons. The summed E-state index contributed by atoms with van der Waals surface area (Å²) in [4.78, 5) is 14.7. The lowest BCUT2D eigenvalue weighted by molar-refractivity contribution is 0.0632. The first kappa shape index (κ1) is 14.4. The van der Waals surface area contributed by atoms with Gasteiger partial charge in [0.2, 0.25) is 0 Å². The number of rotatable bonds is 2. The largest absolute Gasteiger partial charge is 0.496 e. The van der Waals surface area contributed by atoms with E-state index in [1.54, 1.807) is 7.11 Å². The molecule has 19 heavy (non-hydrogen) atoms. The van der Waals surface area contributed by atoms with Gasteiger partial charge in [-0.3, -0.25) is 4.79 Å². The monoisotopic (exact) mass is 325 g/mol. The van der Waals surface area contributed by atoms with E-state index in [9.17, 15) is 4.79 Å². The number of carbonyl (C=O) groups is 1. The Labute approximate surface area is 123 Å². The molecule has 1 fully saturated rings. The number of carbonyl (C=O) groups excluding carboxylic acids is 1. The molecule has 1 aliphatic heterocycles. The second kappa shape index (κ2) is 5.95. The third-order valence-corrected chi connectivity index (χ3v) is 4.20. The quantitative estimate of drug-likeness (QED) is 0.828. The van der Waals surface area contributed by atoms with E-state index in [2.05, 4.69) is 22.9 Å². The number of ether oxygens (including phenoxy) is 1. The van der Waals surface area contributed by atoms with Gasteiger partial charge < -0.3 is 9.64 Å². The highest BCUT2D eigenvalue weighted by molar-refractivity contribution is 9.10. The maximum absolute atomic E-state index is 12.7. The van der Waals surface area contributed by atoms with Crippen molar-refractivity contribution in [2.75, 3.05) is 13.7 Å². The smallest absolute Gasteiger partial charge is 0.257 e. The second-order valence-corrected chi connectivity index (χ2v) is 6.06. The number of benzene rings is 1. The van der Waals surface area contributed by atoms with Crippen LogP contribution in [0.1, 0.15) is 42.1 Å². The van der Waals surface area contributed by atoms with Gasteiger partial charge in [0.05, 0.1) is 12.7 Å². The minimum atomic E-state index is 0.0773. The summed E-state index contributed by atoms with van der Waals surface area (Å²) in [6, 6.07) is 4.13. The standard InChI is InChI=1S/C15H20BrNO2/c1-10-8-12(16)9-13(14(10)19-3)15(18)17-7-5-4-6-11(17)2/h8-9,11H,4-7H2,1-3H3/t11-/m0/s1. The molecule has 1 aromatic carbocycles. The highest BCUT2D eigenvalue weighted by atomic mass is 79.9. The van der Waals surface area contributed by atoms with E-state index in [0.717, 1.165) is 29.4 Å². The molecule has 0 N–H and O–H groups in total. The fourth-order valence-corrected chi connectivity index (χ4v) is 3.29. The second-order valence-electron chi connectivity index (χ2n) is 5.15. The van der Waals surface area contributed by atoms with Crippen molar-refractivity contribution in [3.63, 3.8) is 0 Å². The Morgan fingerprint density at radius 2 is 2.16 bits per heavy atom. The number of aryl methyl sites for hydroxylation is 1. The predicted octanol–water partition coefficient (Wildman–Crippen LogP) is 3.78. The Morgan fingerprint density at radius 3 is 2.79 bits per heavy atom. The molecule has 1 aromatic rings. The van der Waals surface area contributed by atoms with Crippen LogP contribution < -0.4 is 4.74 Å². The predicted molar refractivity (Wildman–Crippen MR) is 79.8 cm³/mol. The average Bonchev–Trinajstić information content (AvgIpc) is 2.37. The van der Waals surface area contributed by atoms with Crippen LogP contribution >= 0.6 is 15.9 Å². The minimum Gasteiger partial charge on any atom is -0.496 e. The molecule has 1 aliphatic rings. The molecule has 1 amide bonds. The molecule has 0 aromatic heterocycles. The van der Waals surface area contributed by atoms with Gasteiger partial charge in [-0.2, -0.15) is 0 Å². The summed E-state index contributed by atoms with van der Waals surface area (Å²) < 4.78 is 6.33. The van der Waals surface area contributed by atoms with Crippen LogP contribution in [0.15, 0.2) is 16.6 Å². The fraction of sp³-hybridized carbons (Fsp3) is 0.533. The van der Waals surface area contributed by atoms with E-state index in [0.29, 0.717) is 17.4 Å². The maximum atomic E-state index is 12.7. The van der Waals surface area contributed by atoms with Crippen LogP contribution in [-0.2, 0) is 0 Å². The molecule has 2 rings (SSSR count). The molecule has 0 aliphatic carbocycles. The zero-order valence-electron chi connectivity index (χ0n) is 11.7. The van der Waals surface area contributed by atoms with E-state index in [-0.39, 0.29) is 5.91 Å². The molecule has 104 valence electrons. The Morgan fingerprint density at radius 1 is 1.42 bits per heavy atom. The van der Waals surface area contributed by atoms with Gasteiger partial charge in [-0.05, 0) is 50.8 Å². The third kappa shape index (κ3) is 2.94. The number of methoxy groups -OCH3 is 1. The summed E-state index contributed by atoms with van der Waals surface area (Å²) in [6.07, 6.45) is 3.38. The van der Waals surface area contributed by atoms with Crippen LogP contribution in [0.3, 0.4) is 0 Å². The molecule has 1 heterocycles. The Hall–Kier alpha value is -1.03. The number of hydrogen-bond acceptors (Lipinski definition) is 2. The molecular weight excluding hydrogens is 306 g/mol. The van der Waals surface area contributed by atoms with E-state index in [1.807, 2.05) is 24.0 Å². The first-order valence-corrected chi connectivity index (χ1v) is 7.49. The number of hydrogen-bond donors (Lipinski definition) is 0. The number of nitrogens with zero attached hydrogens (tertiary/aromatic N) is 1. The van der Waals surface area contributed by atoms with E-state index < -0.39 is 0 Å². The Bertz CT molecular complexity index is 487. The summed E-state index contributed by atoms with van der Waals surface area (Å²) in [6.45, 7) is 4.92. The molecular formula is C15H20BrNO2. The first-order chi connectivity index (χ1) is 9.04. The van der Waals surface area contributed by atoms with Crippen molar-refractivity contribution in [3.8, 4) is 5.75 Å². The van der Waals surface area contributed by atoms with Gasteiger partial charge in [0.25, 0.3) is 5.91 Å². The lowest BCUT2D eigenvalue weighted by Crippen LogP contribution is -2.42. The van der Waals surface area contributed by atoms with Crippen LogP contribution in [0.25, 0.3) is 0 Å². The Balaban J connectivity index is 2.37. The summed E-state index contributed by atoms with van der Waals surface area (Å²) in [7, 11) is 1.62. The molecule has 4 heteroatoms. The fourth-order valence-electron chi connectivity index (χ4n) is 2.71. The first-order valence-electron chi connectivity index (χ1n) is 6.69. The molecule has 0 bridgehead atoms. The van der Waals surface area contributed by atoms with Gasteiger partial charge in [0.1, 0.15) is 5.75 Å². The van der Waals surface area contributed by atoms with Crippen LogP contribution in [0.2, 0.25) is 0 Å². The number of halogens is 1. The summed E-state index contributed by atoms with van der Waals surface area (Å²) in [5.74, 6) is 0.763. The molecule has 3 nitrogen and oxygen atoms in total. The zero-order valence-corrected chi connectivity index (χ0v) is 13.3. The summed E-state index contributed by atoms with van der Waals surface area (Å²) >= 11 is 3.46. The molecule has 0 unspecified atom stereocenters. The number of likely N-dealkylation sites (tertiary alicyclic amines) is 1. The lowest BCUT2D eigenvalue weighted by Gasteiger charge is -2.34. The topological polar surface area (TPSA) is 29.5 Å². The molecule has 1 saturated heterocycles. The summed E-state index contributed by atoms with van der Waals surface area (Å²) in [5, 5.41) is 0. The van der Waals surface area contributed by atoms with Crippen molar-refractivity contribution in [1.82, 2.24) is 4.90 Å². The van der Waals surface area contributed by atoms with Crippen molar-refractivity contribution < 1.29 is 9.53 Å². The lowest BCUT2D eigenvalue weighted by atomic mass is 10.0. The third-order valence-electron chi connectivity index (χ3n) is 3.74. The SMILES string of the molecule is COc1c(C)cc(Br)cc1C(=O)N1CCCC[C@@H]1C.